The van der Waals surface area contributed by atoms with Gasteiger partial charge in [0.15, 0.2) is 5.57 Å². The van der Waals surface area contributed by atoms with Crippen molar-refractivity contribution in [3.63, 3.8) is 0 Å². The maximum absolute atomic E-state index is 13.0. The summed E-state index contributed by atoms with van der Waals surface area (Å²) in [6.07, 6.45) is -4.37. The minimum Gasteiger partial charge on any atom is -0.368 e. The van der Waals surface area contributed by atoms with Crippen molar-refractivity contribution in [2.24, 2.45) is 0 Å². The van der Waals surface area contributed by atoms with E-state index in [2.05, 4.69) is 10.2 Å². The van der Waals surface area contributed by atoms with Gasteiger partial charge in [0, 0.05) is 43.2 Å². The van der Waals surface area contributed by atoms with Crippen LogP contribution in [0.1, 0.15) is 5.56 Å². The first kappa shape index (κ1) is 21.5. The number of hydrogen-bond acceptors (Lipinski definition) is 6. The molecular weight excluding hydrogens is 405 g/mol. The Balaban J connectivity index is 1.65. The molecule has 31 heavy (non-hydrogen) atoms. The van der Waals surface area contributed by atoms with E-state index in [0.717, 1.165) is 11.8 Å². The molecule has 0 unspecified atom stereocenters. The molecule has 156 valence electrons. The Bertz CT molecular complexity index is 1080. The highest BCUT2D eigenvalue weighted by molar-refractivity contribution is 5.62. The molecule has 2 aromatic carbocycles. The Labute approximate surface area is 177 Å². The summed E-state index contributed by atoms with van der Waals surface area (Å²) in [6.45, 7) is 2.44. The molecule has 6 nitrogen and oxygen atoms in total. The van der Waals surface area contributed by atoms with Crippen molar-refractivity contribution in [1.29, 1.82) is 15.8 Å². The van der Waals surface area contributed by atoms with Gasteiger partial charge < -0.3 is 15.1 Å². The molecule has 9 heteroatoms. The second-order valence-corrected chi connectivity index (χ2v) is 6.78. The largest absolute Gasteiger partial charge is 0.416 e. The Morgan fingerprint density at radius 1 is 0.806 bits per heavy atom. The molecule has 1 aliphatic rings. The minimum absolute atomic E-state index is 0.118. The van der Waals surface area contributed by atoms with Crippen molar-refractivity contribution in [3.05, 3.63) is 65.4 Å². The summed E-state index contributed by atoms with van der Waals surface area (Å²) in [6, 6.07) is 17.6. The lowest BCUT2D eigenvalue weighted by atomic mass is 10.1. The fourth-order valence-electron chi connectivity index (χ4n) is 3.28. The molecule has 1 fully saturated rings. The second kappa shape index (κ2) is 9.11. The van der Waals surface area contributed by atoms with Crippen LogP contribution in [0.2, 0.25) is 0 Å². The van der Waals surface area contributed by atoms with Crippen LogP contribution in [-0.4, -0.2) is 26.2 Å². The van der Waals surface area contributed by atoms with Crippen LogP contribution in [0.4, 0.5) is 30.2 Å². The van der Waals surface area contributed by atoms with E-state index in [4.69, 9.17) is 15.8 Å². The Morgan fingerprint density at radius 2 is 1.39 bits per heavy atom. The summed E-state index contributed by atoms with van der Waals surface area (Å²) in [5, 5.41) is 29.7. The summed E-state index contributed by atoms with van der Waals surface area (Å²) in [5.74, 6) is 0. The molecule has 0 saturated carbocycles. The van der Waals surface area contributed by atoms with E-state index in [1.54, 1.807) is 36.4 Å². The van der Waals surface area contributed by atoms with E-state index < -0.39 is 11.7 Å². The summed E-state index contributed by atoms with van der Waals surface area (Å²) in [4.78, 5) is 4.04. The van der Waals surface area contributed by atoms with Crippen molar-refractivity contribution in [3.8, 4) is 18.2 Å². The van der Waals surface area contributed by atoms with E-state index >= 15 is 0 Å². The molecule has 0 aromatic heterocycles. The molecule has 0 spiro atoms. The van der Waals surface area contributed by atoms with Gasteiger partial charge in [0.2, 0.25) is 0 Å². The lowest BCUT2D eigenvalue weighted by Crippen LogP contribution is -2.46. The number of hydrogen-bond donors (Lipinski definition) is 1. The highest BCUT2D eigenvalue weighted by atomic mass is 19.4. The molecule has 0 aliphatic carbocycles. The Hall–Kier alpha value is -4.16. The number of benzene rings is 2. The number of anilines is 3. The first-order chi connectivity index (χ1) is 14.9. The van der Waals surface area contributed by atoms with Crippen LogP contribution in [0.3, 0.4) is 0 Å². The number of nitriles is 3. The van der Waals surface area contributed by atoms with Crippen LogP contribution in [0.5, 0.6) is 0 Å². The molecule has 2 aromatic rings. The molecule has 0 radical (unpaired) electrons. The third-order valence-corrected chi connectivity index (χ3v) is 4.91. The van der Waals surface area contributed by atoms with Gasteiger partial charge >= 0.3 is 6.18 Å². The molecule has 1 heterocycles. The third kappa shape index (κ3) is 5.07. The van der Waals surface area contributed by atoms with Gasteiger partial charge in [0.25, 0.3) is 0 Å². The van der Waals surface area contributed by atoms with E-state index in [1.807, 2.05) is 17.0 Å². The normalized spacial score (nSPS) is 13.5. The van der Waals surface area contributed by atoms with Gasteiger partial charge in [0.05, 0.1) is 5.56 Å². The molecule has 3 rings (SSSR count). The quantitative estimate of drug-likeness (QED) is 0.741. The smallest absolute Gasteiger partial charge is 0.368 e. The zero-order valence-corrected chi connectivity index (χ0v) is 16.3. The SMILES string of the molecule is N#CC(C#N)=C(C#N)Nc1ccc(N2CCN(c3cccc(C(F)(F)F)c3)CC2)cc1. The number of rotatable bonds is 4. The first-order valence-corrected chi connectivity index (χ1v) is 9.34. The average molecular weight is 422 g/mol. The number of halogens is 3. The number of allylic oxidation sites excluding steroid dienone is 2. The maximum atomic E-state index is 13.0. The lowest BCUT2D eigenvalue weighted by Gasteiger charge is -2.37. The van der Waals surface area contributed by atoms with E-state index in [0.29, 0.717) is 37.6 Å². The van der Waals surface area contributed by atoms with Crippen LogP contribution in [0.25, 0.3) is 0 Å². The van der Waals surface area contributed by atoms with Gasteiger partial charge in [-0.05, 0) is 42.5 Å². The number of nitrogens with zero attached hydrogens (tertiary/aromatic N) is 5. The third-order valence-electron chi connectivity index (χ3n) is 4.91. The van der Waals surface area contributed by atoms with Gasteiger partial charge in [-0.3, -0.25) is 0 Å². The zero-order chi connectivity index (χ0) is 22.4. The van der Waals surface area contributed by atoms with Gasteiger partial charge in [-0.2, -0.15) is 29.0 Å². The fraction of sp³-hybridized carbons (Fsp3) is 0.227. The summed E-state index contributed by atoms with van der Waals surface area (Å²) >= 11 is 0. The van der Waals surface area contributed by atoms with E-state index in [1.165, 1.54) is 12.1 Å². The second-order valence-electron chi connectivity index (χ2n) is 6.78. The number of nitrogens with one attached hydrogen (secondary N) is 1. The van der Waals surface area contributed by atoms with Crippen LogP contribution in [0, 0.1) is 34.0 Å². The molecule has 0 atom stereocenters. The van der Waals surface area contributed by atoms with E-state index in [-0.39, 0.29) is 11.3 Å². The Morgan fingerprint density at radius 3 is 1.90 bits per heavy atom. The topological polar surface area (TPSA) is 89.9 Å². The molecule has 1 aliphatic heterocycles. The van der Waals surface area contributed by atoms with Gasteiger partial charge in [-0.1, -0.05) is 6.07 Å². The van der Waals surface area contributed by atoms with Crippen molar-refractivity contribution in [2.45, 2.75) is 6.18 Å². The van der Waals surface area contributed by atoms with Crippen molar-refractivity contribution >= 4 is 17.1 Å². The molecule has 1 N–H and O–H groups in total. The van der Waals surface area contributed by atoms with Crippen LogP contribution in [-0.2, 0) is 6.18 Å². The summed E-state index contributed by atoms with van der Waals surface area (Å²) in [5.41, 5.74) is 0.973. The average Bonchev–Trinajstić information content (AvgIpc) is 2.79. The Kier molecular flexibility index (Phi) is 6.33. The highest BCUT2D eigenvalue weighted by Crippen LogP contribution is 2.32. The molecular formula is C22H17F3N6. The number of alkyl halides is 3. The highest BCUT2D eigenvalue weighted by Gasteiger charge is 2.31. The predicted octanol–water partition coefficient (Wildman–Crippen LogP) is 4.27. The number of piperazine rings is 1. The van der Waals surface area contributed by atoms with Crippen molar-refractivity contribution < 1.29 is 13.2 Å². The van der Waals surface area contributed by atoms with E-state index in [9.17, 15) is 13.2 Å². The molecule has 0 amide bonds. The maximum Gasteiger partial charge on any atom is 0.416 e. The fourth-order valence-corrected chi connectivity index (χ4v) is 3.28. The van der Waals surface area contributed by atoms with Gasteiger partial charge in [-0.15, -0.1) is 0 Å². The standard InChI is InChI=1S/C22H17F3N6/c23-22(24,25)17-2-1-3-20(12-17)31-10-8-30(9-11-31)19-6-4-18(5-7-19)29-21(15-28)16(13-26)14-27/h1-7,12,29H,8-11H2. The van der Waals surface area contributed by atoms with Gasteiger partial charge in [0.1, 0.15) is 23.9 Å². The summed E-state index contributed by atoms with van der Waals surface area (Å²) < 4.78 is 38.9. The predicted molar refractivity (Wildman–Crippen MR) is 110 cm³/mol. The lowest BCUT2D eigenvalue weighted by molar-refractivity contribution is -0.137. The summed E-state index contributed by atoms with van der Waals surface area (Å²) in [7, 11) is 0. The van der Waals surface area contributed by atoms with Crippen molar-refractivity contribution in [2.75, 3.05) is 41.3 Å². The minimum atomic E-state index is -4.37. The van der Waals surface area contributed by atoms with Crippen LogP contribution >= 0.6 is 0 Å². The van der Waals surface area contributed by atoms with Crippen molar-refractivity contribution in [1.82, 2.24) is 0 Å². The molecule has 1 saturated heterocycles. The first-order valence-electron chi connectivity index (χ1n) is 9.34. The van der Waals surface area contributed by atoms with Crippen LogP contribution < -0.4 is 15.1 Å². The zero-order valence-electron chi connectivity index (χ0n) is 16.3. The van der Waals surface area contributed by atoms with Crippen LogP contribution in [0.15, 0.2) is 59.8 Å². The molecule has 0 bridgehead atoms. The monoisotopic (exact) mass is 422 g/mol. The van der Waals surface area contributed by atoms with Gasteiger partial charge in [-0.25, -0.2) is 0 Å².